The van der Waals surface area contributed by atoms with Gasteiger partial charge in [0, 0.05) is 0 Å². The van der Waals surface area contributed by atoms with Crippen LogP contribution in [0.5, 0.6) is 5.75 Å². The second kappa shape index (κ2) is 10.2. The molecule has 0 amide bonds. The predicted octanol–water partition coefficient (Wildman–Crippen LogP) is 5.17. The first-order valence-corrected chi connectivity index (χ1v) is 11.1. The Labute approximate surface area is 185 Å². The molecule has 0 aliphatic heterocycles. The number of rotatable bonds is 9. The van der Waals surface area contributed by atoms with E-state index in [0.29, 0.717) is 0 Å². The van der Waals surface area contributed by atoms with Crippen LogP contribution in [-0.2, 0) is 12.7 Å². The molecule has 1 heterocycles. The number of hydrogen-bond acceptors (Lipinski definition) is 3. The highest BCUT2D eigenvalue weighted by atomic mass is 19.4. The first kappa shape index (κ1) is 23.9. The molecular weight excluding hydrogens is 419 g/mol. The smallest absolute Gasteiger partial charge is 0.450 e. The summed E-state index contributed by atoms with van der Waals surface area (Å²) in [7, 11) is 0. The van der Waals surface area contributed by atoms with E-state index < -0.39 is 22.9 Å². The van der Waals surface area contributed by atoms with Crippen molar-refractivity contribution in [2.24, 2.45) is 0 Å². The van der Waals surface area contributed by atoms with Gasteiger partial charge >= 0.3 is 6.18 Å². The van der Waals surface area contributed by atoms with E-state index in [2.05, 4.69) is 13.8 Å². The zero-order valence-electron chi connectivity index (χ0n) is 18.4. The number of benzene rings is 2. The zero-order valence-corrected chi connectivity index (χ0v) is 18.4. The summed E-state index contributed by atoms with van der Waals surface area (Å²) in [5.74, 6) is -1.50. The Bertz CT molecular complexity index is 1100. The highest BCUT2D eigenvalue weighted by Gasteiger charge is 2.40. The monoisotopic (exact) mass is 448 g/mol. The molecule has 3 aromatic rings. The summed E-state index contributed by atoms with van der Waals surface area (Å²) >= 11 is 0. The average molecular weight is 449 g/mol. The van der Waals surface area contributed by atoms with Gasteiger partial charge in [-0.3, -0.25) is 4.79 Å². The molecule has 0 bridgehead atoms. The van der Waals surface area contributed by atoms with Gasteiger partial charge in [0.2, 0.25) is 11.2 Å². The Morgan fingerprint density at radius 2 is 1.59 bits per heavy atom. The molecule has 7 heteroatoms. The largest absolute Gasteiger partial charge is 0.507 e. The van der Waals surface area contributed by atoms with Crippen LogP contribution >= 0.6 is 0 Å². The lowest BCUT2D eigenvalue weighted by Crippen LogP contribution is -3.10. The molecule has 0 unspecified atom stereocenters. The summed E-state index contributed by atoms with van der Waals surface area (Å²) in [6, 6.07) is 10.4. The summed E-state index contributed by atoms with van der Waals surface area (Å²) in [5.41, 5.74) is -1.07. The molecule has 0 fully saturated rings. The molecule has 4 nitrogen and oxygen atoms in total. The van der Waals surface area contributed by atoms with Gasteiger partial charge in [0.05, 0.1) is 29.6 Å². The maximum absolute atomic E-state index is 14.0. The lowest BCUT2D eigenvalue weighted by molar-refractivity contribution is -0.914. The second-order valence-corrected chi connectivity index (χ2v) is 8.07. The lowest BCUT2D eigenvalue weighted by Gasteiger charge is -2.21. The van der Waals surface area contributed by atoms with E-state index in [1.807, 2.05) is 0 Å². The third-order valence-electron chi connectivity index (χ3n) is 5.65. The van der Waals surface area contributed by atoms with Crippen molar-refractivity contribution in [1.29, 1.82) is 0 Å². The Kier molecular flexibility index (Phi) is 7.61. The van der Waals surface area contributed by atoms with Crippen molar-refractivity contribution >= 4 is 11.0 Å². The van der Waals surface area contributed by atoms with E-state index in [9.17, 15) is 23.1 Å². The van der Waals surface area contributed by atoms with Crippen molar-refractivity contribution in [2.75, 3.05) is 13.1 Å². The molecule has 0 aliphatic carbocycles. The molecule has 0 atom stereocenters. The van der Waals surface area contributed by atoms with E-state index in [-0.39, 0.29) is 34.4 Å². The highest BCUT2D eigenvalue weighted by Crippen LogP contribution is 2.38. The van der Waals surface area contributed by atoms with Gasteiger partial charge in [-0.15, -0.1) is 0 Å². The molecule has 2 aromatic carbocycles. The molecule has 3 rings (SSSR count). The third kappa shape index (κ3) is 5.15. The van der Waals surface area contributed by atoms with E-state index in [1.165, 1.54) is 24.3 Å². The van der Waals surface area contributed by atoms with E-state index in [4.69, 9.17) is 4.42 Å². The van der Waals surface area contributed by atoms with E-state index >= 15 is 0 Å². The molecule has 0 saturated carbocycles. The van der Waals surface area contributed by atoms with E-state index in [0.717, 1.165) is 43.7 Å². The summed E-state index contributed by atoms with van der Waals surface area (Å²) < 4.78 is 47.3. The van der Waals surface area contributed by atoms with Gasteiger partial charge in [-0.05, 0) is 30.5 Å². The predicted molar refractivity (Wildman–Crippen MR) is 119 cm³/mol. The van der Waals surface area contributed by atoms with Crippen LogP contribution in [0.25, 0.3) is 22.1 Å². The number of hydrogen-bond donors (Lipinski definition) is 2. The van der Waals surface area contributed by atoms with Crippen LogP contribution in [0, 0.1) is 0 Å². The molecule has 32 heavy (non-hydrogen) atoms. The van der Waals surface area contributed by atoms with Crippen LogP contribution in [0.2, 0.25) is 0 Å². The van der Waals surface area contributed by atoms with Crippen LogP contribution in [0.15, 0.2) is 51.7 Å². The van der Waals surface area contributed by atoms with Gasteiger partial charge in [0.15, 0.2) is 5.58 Å². The number of quaternary nitrogens is 1. The second-order valence-electron chi connectivity index (χ2n) is 8.07. The minimum atomic E-state index is -4.86. The van der Waals surface area contributed by atoms with Crippen molar-refractivity contribution in [3.8, 4) is 16.9 Å². The first-order valence-electron chi connectivity index (χ1n) is 11.1. The number of unbranched alkanes of at least 4 members (excludes halogenated alkanes) is 2. The molecular formula is C25H29F3NO3+. The number of aromatic hydroxyl groups is 1. The van der Waals surface area contributed by atoms with E-state index in [1.54, 1.807) is 18.2 Å². The highest BCUT2D eigenvalue weighted by molar-refractivity contribution is 5.86. The Hall–Kier alpha value is -2.80. The van der Waals surface area contributed by atoms with Crippen LogP contribution in [0.3, 0.4) is 0 Å². The van der Waals surface area contributed by atoms with Crippen LogP contribution in [0.1, 0.15) is 50.9 Å². The third-order valence-corrected chi connectivity index (χ3v) is 5.65. The van der Waals surface area contributed by atoms with Crippen LogP contribution < -0.4 is 10.3 Å². The fourth-order valence-electron chi connectivity index (χ4n) is 3.95. The fraction of sp³-hybridized carbons (Fsp3) is 0.400. The van der Waals surface area contributed by atoms with Gasteiger partial charge in [-0.1, -0.05) is 57.0 Å². The maximum Gasteiger partial charge on any atom is 0.450 e. The summed E-state index contributed by atoms with van der Waals surface area (Å²) in [5, 5.41) is 10.6. The normalized spacial score (nSPS) is 12.1. The van der Waals surface area contributed by atoms with Crippen molar-refractivity contribution in [2.45, 2.75) is 52.3 Å². The van der Waals surface area contributed by atoms with Crippen molar-refractivity contribution in [3.05, 3.63) is 64.0 Å². The molecule has 0 aliphatic rings. The molecule has 1 aromatic heterocycles. The standard InChI is InChI=1S/C25H28F3NO3/c1-3-5-14-29(15-6-4-2)16-19-20(30)13-12-18-22(31)21(17-10-8-7-9-11-17)24(25(26,27)28)32-23(18)19/h7-13,30H,3-6,14-16H2,1-2H3/p+1. The van der Waals surface area contributed by atoms with Gasteiger partial charge in [-0.25, -0.2) is 0 Å². The Morgan fingerprint density at radius 1 is 0.969 bits per heavy atom. The van der Waals surface area contributed by atoms with Crippen molar-refractivity contribution in [3.63, 3.8) is 0 Å². The number of halogens is 3. The van der Waals surface area contributed by atoms with Crippen LogP contribution in [0.4, 0.5) is 13.2 Å². The van der Waals surface area contributed by atoms with Crippen LogP contribution in [-0.4, -0.2) is 18.2 Å². The topological polar surface area (TPSA) is 54.9 Å². The minimum absolute atomic E-state index is 0.0370. The number of phenols is 1. The molecule has 2 N–H and O–H groups in total. The quantitative estimate of drug-likeness (QED) is 0.475. The summed E-state index contributed by atoms with van der Waals surface area (Å²) in [6.45, 7) is 6.09. The number of alkyl halides is 3. The van der Waals surface area contributed by atoms with Crippen molar-refractivity contribution in [1.82, 2.24) is 0 Å². The molecule has 0 radical (unpaired) electrons. The van der Waals surface area contributed by atoms with Gasteiger partial charge in [-0.2, -0.15) is 13.2 Å². The Morgan fingerprint density at radius 3 is 2.16 bits per heavy atom. The minimum Gasteiger partial charge on any atom is -0.507 e. The molecule has 172 valence electrons. The SMILES string of the molecule is CCCC[NH+](CCCC)Cc1c(O)ccc2c(=O)c(-c3ccccc3)c(C(F)(F)F)oc12. The summed E-state index contributed by atoms with van der Waals surface area (Å²) in [6.07, 6.45) is -0.963. The maximum atomic E-state index is 14.0. The first-order chi connectivity index (χ1) is 15.3. The molecule has 0 saturated heterocycles. The molecule has 0 spiro atoms. The number of fused-ring (bicyclic) bond motifs is 1. The fourth-order valence-corrected chi connectivity index (χ4v) is 3.95. The average Bonchev–Trinajstić information content (AvgIpc) is 2.76. The zero-order chi connectivity index (χ0) is 23.3. The van der Waals surface area contributed by atoms with Gasteiger partial charge in [0.25, 0.3) is 0 Å². The van der Waals surface area contributed by atoms with Gasteiger partial charge < -0.3 is 14.4 Å². The Balaban J connectivity index is 2.22. The number of nitrogens with one attached hydrogen (secondary N) is 1. The lowest BCUT2D eigenvalue weighted by atomic mass is 10.00. The summed E-state index contributed by atoms with van der Waals surface area (Å²) in [4.78, 5) is 14.4. The van der Waals surface area contributed by atoms with Gasteiger partial charge in [0.1, 0.15) is 12.3 Å². The van der Waals surface area contributed by atoms with Crippen molar-refractivity contribution < 1.29 is 27.6 Å². The number of phenolic OH excluding ortho intramolecular Hbond substituents is 1.